The molecular weight excluding hydrogens is 164 g/mol. The van der Waals surface area contributed by atoms with Gasteiger partial charge in [-0.25, -0.2) is 0 Å². The van der Waals surface area contributed by atoms with E-state index in [4.69, 9.17) is 0 Å². The first-order valence-electron chi connectivity index (χ1n) is 3.07. The number of aromatic amines is 1. The van der Waals surface area contributed by atoms with E-state index in [2.05, 4.69) is 25.4 Å². The molecular formula is C5H6N4O3. The summed E-state index contributed by atoms with van der Waals surface area (Å²) in [6, 6.07) is 0. The summed E-state index contributed by atoms with van der Waals surface area (Å²) in [5.74, 6) is -1.25. The lowest BCUT2D eigenvalue weighted by atomic mass is 10.3. The number of nitrogens with one attached hydrogen (secondary N) is 1. The molecule has 0 aliphatic carbocycles. The topological polar surface area (TPSA) is 97.8 Å². The van der Waals surface area contributed by atoms with Crippen molar-refractivity contribution in [2.24, 2.45) is 0 Å². The molecule has 1 heterocycles. The van der Waals surface area contributed by atoms with Crippen LogP contribution in [0.5, 0.6) is 0 Å². The van der Waals surface area contributed by atoms with E-state index in [1.807, 2.05) is 0 Å². The van der Waals surface area contributed by atoms with E-state index in [0.29, 0.717) is 0 Å². The van der Waals surface area contributed by atoms with Crippen LogP contribution in [0.15, 0.2) is 0 Å². The van der Waals surface area contributed by atoms with Crippen LogP contribution in [0.3, 0.4) is 0 Å². The van der Waals surface area contributed by atoms with Gasteiger partial charge in [-0.15, -0.1) is 10.2 Å². The maximum absolute atomic E-state index is 11.0. The van der Waals surface area contributed by atoms with E-state index >= 15 is 0 Å². The first-order chi connectivity index (χ1) is 5.74. The highest BCUT2D eigenvalue weighted by Gasteiger charge is 2.15. The zero-order chi connectivity index (χ0) is 8.97. The fraction of sp³-hybridized carbons (Fsp3) is 0.400. The third kappa shape index (κ3) is 1.84. The number of methoxy groups -OCH3 is 1. The summed E-state index contributed by atoms with van der Waals surface area (Å²) in [5.41, 5.74) is 0. The van der Waals surface area contributed by atoms with Crippen molar-refractivity contribution in [3.8, 4) is 0 Å². The lowest BCUT2D eigenvalue weighted by Gasteiger charge is -1.93. The van der Waals surface area contributed by atoms with Gasteiger partial charge in [-0.2, -0.15) is 5.21 Å². The molecule has 1 aromatic rings. The van der Waals surface area contributed by atoms with Crippen molar-refractivity contribution in [1.29, 1.82) is 0 Å². The monoisotopic (exact) mass is 170 g/mol. The molecule has 0 saturated heterocycles. The Hall–Kier alpha value is -1.79. The van der Waals surface area contributed by atoms with Gasteiger partial charge < -0.3 is 4.74 Å². The summed E-state index contributed by atoms with van der Waals surface area (Å²) in [6.07, 6.45) is -0.365. The van der Waals surface area contributed by atoms with Crippen LogP contribution in [0, 0.1) is 0 Å². The molecule has 12 heavy (non-hydrogen) atoms. The van der Waals surface area contributed by atoms with Gasteiger partial charge in [0.15, 0.2) is 0 Å². The number of ether oxygens (including phenoxy) is 1. The zero-order valence-corrected chi connectivity index (χ0v) is 6.27. The number of aromatic nitrogens is 4. The average molecular weight is 170 g/mol. The van der Waals surface area contributed by atoms with E-state index in [-0.39, 0.29) is 12.2 Å². The molecule has 0 radical (unpaired) electrons. The molecule has 0 atom stereocenters. The van der Waals surface area contributed by atoms with Crippen molar-refractivity contribution in [2.75, 3.05) is 7.11 Å². The van der Waals surface area contributed by atoms with Crippen LogP contribution in [-0.2, 0) is 9.53 Å². The van der Waals surface area contributed by atoms with Crippen LogP contribution < -0.4 is 0 Å². The Morgan fingerprint density at radius 2 is 2.33 bits per heavy atom. The summed E-state index contributed by atoms with van der Waals surface area (Å²) < 4.78 is 4.27. The minimum atomic E-state index is -0.621. The van der Waals surface area contributed by atoms with Crippen LogP contribution in [0.2, 0.25) is 0 Å². The number of rotatable bonds is 3. The van der Waals surface area contributed by atoms with Gasteiger partial charge in [-0.3, -0.25) is 9.59 Å². The molecule has 0 amide bonds. The third-order valence-corrected chi connectivity index (χ3v) is 1.13. The highest BCUT2D eigenvalue weighted by Crippen LogP contribution is 1.94. The maximum atomic E-state index is 11.0. The number of tetrazole rings is 1. The normalized spacial score (nSPS) is 9.42. The van der Waals surface area contributed by atoms with E-state index in [0.717, 1.165) is 0 Å². The van der Waals surface area contributed by atoms with E-state index < -0.39 is 11.8 Å². The van der Waals surface area contributed by atoms with Crippen molar-refractivity contribution >= 4 is 11.8 Å². The lowest BCUT2D eigenvalue weighted by molar-refractivity contribution is -0.139. The van der Waals surface area contributed by atoms with Gasteiger partial charge in [0.2, 0.25) is 11.6 Å². The molecule has 0 spiro atoms. The number of hydrogen-bond donors (Lipinski definition) is 1. The molecule has 0 aromatic carbocycles. The molecule has 1 rings (SSSR count). The predicted molar refractivity (Wildman–Crippen MR) is 35.1 cm³/mol. The number of H-pyrrole nitrogens is 1. The quantitative estimate of drug-likeness (QED) is 0.353. The maximum Gasteiger partial charge on any atom is 0.313 e. The largest absolute Gasteiger partial charge is 0.469 e. The summed E-state index contributed by atoms with van der Waals surface area (Å²) in [6.45, 7) is 0. The molecule has 0 bridgehead atoms. The van der Waals surface area contributed by atoms with E-state index in [9.17, 15) is 9.59 Å². The Bertz CT molecular complexity index is 281. The molecule has 64 valence electrons. The number of esters is 1. The minimum absolute atomic E-state index is 0.111. The molecule has 1 N–H and O–H groups in total. The minimum Gasteiger partial charge on any atom is -0.469 e. The van der Waals surface area contributed by atoms with Crippen molar-refractivity contribution in [3.63, 3.8) is 0 Å². The average Bonchev–Trinajstić information content (AvgIpc) is 2.56. The second-order valence-corrected chi connectivity index (χ2v) is 1.91. The lowest BCUT2D eigenvalue weighted by Crippen LogP contribution is -2.10. The molecule has 7 heteroatoms. The van der Waals surface area contributed by atoms with Gasteiger partial charge in [0.1, 0.15) is 6.42 Å². The molecule has 1 aromatic heterocycles. The Morgan fingerprint density at radius 1 is 1.58 bits per heavy atom. The Morgan fingerprint density at radius 3 is 2.83 bits per heavy atom. The summed E-state index contributed by atoms with van der Waals surface area (Å²) >= 11 is 0. The number of nitrogens with zero attached hydrogens (tertiary/aromatic N) is 3. The van der Waals surface area contributed by atoms with Crippen molar-refractivity contribution < 1.29 is 14.3 Å². The molecule has 0 aliphatic rings. The number of hydrogen-bond acceptors (Lipinski definition) is 6. The second kappa shape index (κ2) is 3.56. The van der Waals surface area contributed by atoms with Crippen molar-refractivity contribution in [3.05, 3.63) is 5.82 Å². The van der Waals surface area contributed by atoms with Crippen molar-refractivity contribution in [1.82, 2.24) is 20.6 Å². The summed E-state index contributed by atoms with van der Waals surface area (Å²) in [7, 11) is 1.20. The summed E-state index contributed by atoms with van der Waals surface area (Å²) in [5, 5.41) is 12.1. The van der Waals surface area contributed by atoms with Crippen LogP contribution in [-0.4, -0.2) is 39.5 Å². The molecule has 0 unspecified atom stereocenters. The second-order valence-electron chi connectivity index (χ2n) is 1.91. The first-order valence-corrected chi connectivity index (χ1v) is 3.07. The van der Waals surface area contributed by atoms with Gasteiger partial charge in [0.05, 0.1) is 7.11 Å². The van der Waals surface area contributed by atoms with Gasteiger partial charge in [0, 0.05) is 0 Å². The smallest absolute Gasteiger partial charge is 0.313 e. The van der Waals surface area contributed by atoms with E-state index in [1.54, 1.807) is 0 Å². The number of ketones is 1. The Kier molecular flexibility index (Phi) is 2.46. The van der Waals surface area contributed by atoms with Gasteiger partial charge >= 0.3 is 5.97 Å². The first kappa shape index (κ1) is 8.31. The molecule has 0 aliphatic heterocycles. The fourth-order valence-electron chi connectivity index (χ4n) is 0.562. The molecule has 0 saturated carbocycles. The predicted octanol–water partition coefficient (Wildman–Crippen LogP) is -1.05. The highest BCUT2D eigenvalue weighted by molar-refractivity contribution is 6.03. The van der Waals surface area contributed by atoms with Crippen LogP contribution in [0.1, 0.15) is 17.0 Å². The summed E-state index contributed by atoms with van der Waals surface area (Å²) in [4.78, 5) is 21.6. The fourth-order valence-corrected chi connectivity index (χ4v) is 0.562. The Labute approximate surface area is 67.1 Å². The standard InChI is InChI=1S/C5H6N4O3/c1-12-4(11)2-3(10)5-6-8-9-7-5/h2H2,1H3,(H,6,7,8,9). The van der Waals surface area contributed by atoms with Crippen LogP contribution in [0.4, 0.5) is 0 Å². The highest BCUT2D eigenvalue weighted by atomic mass is 16.5. The number of carbonyl (C=O) groups excluding carboxylic acids is 2. The Balaban J connectivity index is 2.56. The third-order valence-electron chi connectivity index (χ3n) is 1.13. The van der Waals surface area contributed by atoms with E-state index in [1.165, 1.54) is 7.11 Å². The van der Waals surface area contributed by atoms with Crippen LogP contribution in [0.25, 0.3) is 0 Å². The SMILES string of the molecule is COC(=O)CC(=O)c1nn[nH]n1. The van der Waals surface area contributed by atoms with Crippen LogP contribution >= 0.6 is 0 Å². The number of Topliss-reactive ketones (excluding diaryl/α,β-unsaturated/α-hetero) is 1. The van der Waals surface area contributed by atoms with Crippen molar-refractivity contribution in [2.45, 2.75) is 6.42 Å². The number of carbonyl (C=O) groups is 2. The molecule has 0 fully saturated rings. The zero-order valence-electron chi connectivity index (χ0n) is 6.27. The van der Waals surface area contributed by atoms with Gasteiger partial charge in [-0.1, -0.05) is 0 Å². The van der Waals surface area contributed by atoms with Gasteiger partial charge in [0.25, 0.3) is 0 Å². The van der Waals surface area contributed by atoms with Gasteiger partial charge in [-0.05, 0) is 5.21 Å². The molecule has 7 nitrogen and oxygen atoms in total.